The van der Waals surface area contributed by atoms with Gasteiger partial charge >= 0.3 is 0 Å². The van der Waals surface area contributed by atoms with Crippen LogP contribution >= 0.6 is 12.2 Å². The molecule has 0 radical (unpaired) electrons. The number of nitrogens with zero attached hydrogens (tertiary/aromatic N) is 2. The maximum atomic E-state index is 12.3. The number of thiocarbonyl (C=S) groups is 1. The molecule has 2 rings (SSSR count). The number of anilines is 1. The van der Waals surface area contributed by atoms with Gasteiger partial charge in [-0.05, 0) is 43.4 Å². The van der Waals surface area contributed by atoms with E-state index in [0.29, 0.717) is 31.3 Å². The van der Waals surface area contributed by atoms with Crippen molar-refractivity contribution in [1.82, 2.24) is 5.32 Å². The molecule has 2 aromatic rings. The second kappa shape index (κ2) is 10.8. The molecule has 158 valence electrons. The third-order valence-electron chi connectivity index (χ3n) is 3.63. The van der Waals surface area contributed by atoms with E-state index in [2.05, 4.69) is 10.6 Å². The number of carbonyl (C=O) groups is 1. The van der Waals surface area contributed by atoms with Crippen LogP contribution in [0.1, 0.15) is 17.3 Å². The quantitative estimate of drug-likeness (QED) is 0.263. The lowest BCUT2D eigenvalue weighted by Crippen LogP contribution is -2.34. The van der Waals surface area contributed by atoms with E-state index in [9.17, 15) is 25.0 Å². The normalized spacial score (nSPS) is 10.2. The monoisotopic (exact) mass is 434 g/mol. The van der Waals surface area contributed by atoms with E-state index >= 15 is 0 Å². The van der Waals surface area contributed by atoms with Crippen LogP contribution in [0.2, 0.25) is 0 Å². The summed E-state index contributed by atoms with van der Waals surface area (Å²) < 4.78 is 10.7. The summed E-state index contributed by atoms with van der Waals surface area (Å²) in [5.41, 5.74) is -0.859. The minimum atomic E-state index is -0.824. The van der Waals surface area contributed by atoms with Crippen LogP contribution < -0.4 is 15.4 Å². The number of nitro groups is 2. The van der Waals surface area contributed by atoms with Crippen LogP contribution in [0.3, 0.4) is 0 Å². The van der Waals surface area contributed by atoms with Gasteiger partial charge < -0.3 is 14.8 Å². The van der Waals surface area contributed by atoms with Crippen LogP contribution in [0, 0.1) is 20.2 Å². The van der Waals surface area contributed by atoms with Gasteiger partial charge in [0.2, 0.25) is 0 Å². The Kier molecular flexibility index (Phi) is 8.14. The average molecular weight is 434 g/mol. The van der Waals surface area contributed by atoms with Crippen molar-refractivity contribution in [1.29, 1.82) is 0 Å². The Hall–Kier alpha value is -3.64. The molecule has 1 amide bonds. The van der Waals surface area contributed by atoms with Gasteiger partial charge in [-0.3, -0.25) is 30.3 Å². The topological polar surface area (TPSA) is 146 Å². The zero-order valence-corrected chi connectivity index (χ0v) is 16.6. The molecule has 0 spiro atoms. The van der Waals surface area contributed by atoms with Gasteiger partial charge in [0.05, 0.1) is 28.1 Å². The molecule has 0 bridgehead atoms. The molecule has 0 aliphatic rings. The third-order valence-corrected chi connectivity index (χ3v) is 3.83. The predicted molar refractivity (Wildman–Crippen MR) is 112 cm³/mol. The largest absolute Gasteiger partial charge is 0.491 e. The van der Waals surface area contributed by atoms with E-state index < -0.39 is 27.1 Å². The number of ether oxygens (including phenoxy) is 2. The Balaban J connectivity index is 1.98. The van der Waals surface area contributed by atoms with E-state index in [1.807, 2.05) is 6.92 Å². The molecule has 0 aliphatic carbocycles. The molecule has 2 aromatic carbocycles. The smallest absolute Gasteiger partial charge is 0.277 e. The molecule has 0 atom stereocenters. The van der Waals surface area contributed by atoms with Crippen LogP contribution in [0.5, 0.6) is 5.75 Å². The van der Waals surface area contributed by atoms with Crippen molar-refractivity contribution >= 4 is 40.3 Å². The van der Waals surface area contributed by atoms with Gasteiger partial charge in [-0.25, -0.2) is 0 Å². The van der Waals surface area contributed by atoms with Crippen molar-refractivity contribution in [2.75, 3.05) is 25.1 Å². The lowest BCUT2D eigenvalue weighted by molar-refractivity contribution is -0.394. The fraction of sp³-hybridized carbons (Fsp3) is 0.222. The predicted octanol–water partition coefficient (Wildman–Crippen LogP) is 3.05. The van der Waals surface area contributed by atoms with Crippen molar-refractivity contribution in [3.05, 3.63) is 68.3 Å². The van der Waals surface area contributed by atoms with Crippen LogP contribution in [0.25, 0.3) is 0 Å². The summed E-state index contributed by atoms with van der Waals surface area (Å²) in [6, 6.07) is 9.37. The van der Waals surface area contributed by atoms with Crippen molar-refractivity contribution in [3.8, 4) is 5.75 Å². The molecule has 0 saturated carbocycles. The Morgan fingerprint density at radius 3 is 2.17 bits per heavy atom. The van der Waals surface area contributed by atoms with Gasteiger partial charge in [0.15, 0.2) is 5.11 Å². The number of hydrogen-bond acceptors (Lipinski definition) is 8. The van der Waals surface area contributed by atoms with E-state index in [1.165, 1.54) is 0 Å². The van der Waals surface area contributed by atoms with Gasteiger partial charge in [-0.15, -0.1) is 0 Å². The van der Waals surface area contributed by atoms with Crippen molar-refractivity contribution < 1.29 is 24.1 Å². The van der Waals surface area contributed by atoms with E-state index in [4.69, 9.17) is 21.7 Å². The average Bonchev–Trinajstić information content (AvgIpc) is 2.71. The fourth-order valence-corrected chi connectivity index (χ4v) is 2.48. The first-order chi connectivity index (χ1) is 14.3. The maximum absolute atomic E-state index is 12.3. The molecule has 0 saturated heterocycles. The molecule has 30 heavy (non-hydrogen) atoms. The molecule has 0 aromatic heterocycles. The number of nitro benzene ring substituents is 2. The summed E-state index contributed by atoms with van der Waals surface area (Å²) in [6.07, 6.45) is 0. The first-order valence-corrected chi connectivity index (χ1v) is 9.07. The summed E-state index contributed by atoms with van der Waals surface area (Å²) in [6.45, 7) is 3.38. The Labute approximate surface area is 176 Å². The van der Waals surface area contributed by atoms with Gasteiger partial charge in [0.1, 0.15) is 12.4 Å². The highest BCUT2D eigenvalue weighted by atomic mass is 32.1. The van der Waals surface area contributed by atoms with Crippen molar-refractivity contribution in [3.63, 3.8) is 0 Å². The van der Waals surface area contributed by atoms with Crippen LogP contribution in [0.15, 0.2) is 42.5 Å². The molecule has 0 unspecified atom stereocenters. The van der Waals surface area contributed by atoms with E-state index in [1.54, 1.807) is 24.3 Å². The summed E-state index contributed by atoms with van der Waals surface area (Å²) in [5.74, 6) is -0.200. The molecular weight excluding hydrogens is 416 g/mol. The van der Waals surface area contributed by atoms with Gasteiger partial charge in [-0.2, -0.15) is 0 Å². The fourth-order valence-electron chi connectivity index (χ4n) is 2.27. The van der Waals surface area contributed by atoms with Crippen LogP contribution in [-0.4, -0.2) is 40.7 Å². The highest BCUT2D eigenvalue weighted by molar-refractivity contribution is 7.80. The standard InChI is InChI=1S/C18H18N4O7S/c1-2-28-7-8-29-16-5-3-13(4-6-16)19-18(30)20-17(23)12-9-14(21(24)25)11-15(10-12)22(26)27/h3-6,9-11H,2,7-8H2,1H3,(H2,19,20,23,30). The molecule has 11 nitrogen and oxygen atoms in total. The van der Waals surface area contributed by atoms with E-state index in [0.717, 1.165) is 18.2 Å². The summed E-state index contributed by atoms with van der Waals surface area (Å²) in [4.78, 5) is 32.5. The highest BCUT2D eigenvalue weighted by Crippen LogP contribution is 2.22. The van der Waals surface area contributed by atoms with E-state index in [-0.39, 0.29) is 10.7 Å². The molecular formula is C18H18N4O7S. The Morgan fingerprint density at radius 2 is 1.63 bits per heavy atom. The summed E-state index contributed by atoms with van der Waals surface area (Å²) >= 11 is 5.05. The SMILES string of the molecule is CCOCCOc1ccc(NC(=S)NC(=O)c2cc([N+](=O)[O-])cc([N+](=O)[O-])c2)cc1. The van der Waals surface area contributed by atoms with Crippen LogP contribution in [-0.2, 0) is 4.74 Å². The zero-order valence-electron chi connectivity index (χ0n) is 15.8. The van der Waals surface area contributed by atoms with Crippen molar-refractivity contribution in [2.24, 2.45) is 0 Å². The minimum absolute atomic E-state index is 0.0841. The number of rotatable bonds is 9. The lowest BCUT2D eigenvalue weighted by atomic mass is 10.1. The zero-order chi connectivity index (χ0) is 22.1. The molecule has 2 N–H and O–H groups in total. The summed E-state index contributed by atoms with van der Waals surface area (Å²) in [5, 5.41) is 26.9. The number of non-ortho nitro benzene ring substituents is 2. The Bertz CT molecular complexity index is 918. The first-order valence-electron chi connectivity index (χ1n) is 8.67. The number of amides is 1. The number of nitrogens with one attached hydrogen (secondary N) is 2. The second-order valence-corrected chi connectivity index (χ2v) is 6.14. The molecule has 12 heteroatoms. The molecule has 0 fully saturated rings. The first kappa shape index (κ1) is 22.6. The Morgan fingerprint density at radius 1 is 1.03 bits per heavy atom. The number of hydrogen-bond donors (Lipinski definition) is 2. The highest BCUT2D eigenvalue weighted by Gasteiger charge is 2.20. The van der Waals surface area contributed by atoms with Gasteiger partial charge in [0, 0.05) is 24.4 Å². The number of carbonyl (C=O) groups excluding carboxylic acids is 1. The summed E-state index contributed by atoms with van der Waals surface area (Å²) in [7, 11) is 0. The van der Waals surface area contributed by atoms with Gasteiger partial charge in [0.25, 0.3) is 17.3 Å². The number of benzene rings is 2. The third kappa shape index (κ3) is 6.76. The molecule has 0 heterocycles. The van der Waals surface area contributed by atoms with Gasteiger partial charge in [-0.1, -0.05) is 0 Å². The maximum Gasteiger partial charge on any atom is 0.277 e. The minimum Gasteiger partial charge on any atom is -0.491 e. The lowest BCUT2D eigenvalue weighted by Gasteiger charge is -2.11. The van der Waals surface area contributed by atoms with Crippen LogP contribution in [0.4, 0.5) is 17.1 Å². The van der Waals surface area contributed by atoms with Crippen molar-refractivity contribution in [2.45, 2.75) is 6.92 Å². The second-order valence-electron chi connectivity index (χ2n) is 5.73. The molecule has 0 aliphatic heterocycles.